The average Bonchev–Trinajstić information content (AvgIpc) is 2.58. The van der Waals surface area contributed by atoms with Gasteiger partial charge in [0.25, 0.3) is 0 Å². The van der Waals surface area contributed by atoms with E-state index in [1.807, 2.05) is 0 Å². The van der Waals surface area contributed by atoms with Crippen LogP contribution in [0.5, 0.6) is 0 Å². The molecule has 2 aromatic rings. The fourth-order valence-corrected chi connectivity index (χ4v) is 2.23. The molecule has 0 saturated heterocycles. The van der Waals surface area contributed by atoms with E-state index in [-0.39, 0.29) is 18.1 Å². The topological polar surface area (TPSA) is 47.8 Å². The lowest BCUT2D eigenvalue weighted by Crippen LogP contribution is -2.12. The first-order valence-electron chi connectivity index (χ1n) is 4.61. The van der Waals surface area contributed by atoms with E-state index >= 15 is 0 Å². The molecule has 0 atom stereocenters. The van der Waals surface area contributed by atoms with Crippen molar-refractivity contribution in [3.05, 3.63) is 45.1 Å². The van der Waals surface area contributed by atoms with Crippen LogP contribution < -0.4 is 0 Å². The van der Waals surface area contributed by atoms with Gasteiger partial charge in [-0.05, 0) is 56.1 Å². The van der Waals surface area contributed by atoms with Crippen molar-refractivity contribution in [1.82, 2.24) is 14.8 Å². The monoisotopic (exact) mass is 361 g/mol. The Morgan fingerprint density at radius 2 is 1.94 bits per heavy atom. The van der Waals surface area contributed by atoms with Gasteiger partial charge < -0.3 is 0 Å². The predicted molar refractivity (Wildman–Crippen MR) is 66.2 cm³/mol. The quantitative estimate of drug-likeness (QED) is 0.789. The molecule has 0 N–H and O–H groups in total. The zero-order chi connectivity index (χ0) is 12.4. The smallest absolute Gasteiger partial charge is 0.218 e. The number of Topliss-reactive ketones (excluding diaryl/α,β-unsaturated/α-hetero) is 1. The van der Waals surface area contributed by atoms with E-state index in [1.54, 1.807) is 0 Å². The van der Waals surface area contributed by atoms with Gasteiger partial charge in [-0.15, -0.1) is 5.10 Å². The maximum atomic E-state index is 12.7. The molecular formula is C10H6Br2FN3O. The second-order valence-electron chi connectivity index (χ2n) is 3.24. The number of nitrogens with zero attached hydrogens (tertiary/aromatic N) is 3. The highest BCUT2D eigenvalue weighted by Crippen LogP contribution is 2.12. The molecule has 4 nitrogen and oxygen atoms in total. The Balaban J connectivity index is 2.17. The normalized spacial score (nSPS) is 10.5. The van der Waals surface area contributed by atoms with Crippen molar-refractivity contribution < 1.29 is 9.18 Å². The van der Waals surface area contributed by atoms with Crippen LogP contribution >= 0.6 is 31.9 Å². The number of hydrogen-bond donors (Lipinski definition) is 0. The first-order valence-corrected chi connectivity index (χ1v) is 6.19. The third-order valence-electron chi connectivity index (χ3n) is 2.06. The number of rotatable bonds is 3. The van der Waals surface area contributed by atoms with Crippen LogP contribution in [0.2, 0.25) is 0 Å². The van der Waals surface area contributed by atoms with E-state index in [2.05, 4.69) is 41.9 Å². The van der Waals surface area contributed by atoms with Crippen molar-refractivity contribution in [2.45, 2.75) is 6.54 Å². The molecule has 0 bridgehead atoms. The summed E-state index contributed by atoms with van der Waals surface area (Å²) in [5.74, 6) is -0.533. The van der Waals surface area contributed by atoms with E-state index < -0.39 is 0 Å². The molecule has 7 heteroatoms. The molecule has 1 aromatic carbocycles. The number of aromatic nitrogens is 3. The second kappa shape index (κ2) is 5.05. The van der Waals surface area contributed by atoms with Crippen molar-refractivity contribution in [3.8, 4) is 0 Å². The summed E-state index contributed by atoms with van der Waals surface area (Å²) < 4.78 is 15.0. The van der Waals surface area contributed by atoms with E-state index in [9.17, 15) is 9.18 Å². The lowest BCUT2D eigenvalue weighted by atomic mass is 10.1. The Hall–Kier alpha value is -1.08. The molecule has 0 saturated carbocycles. The van der Waals surface area contributed by atoms with Crippen LogP contribution in [0, 0.1) is 5.82 Å². The van der Waals surface area contributed by atoms with Crippen LogP contribution in [-0.4, -0.2) is 20.5 Å². The molecule has 0 aliphatic heterocycles. The zero-order valence-corrected chi connectivity index (χ0v) is 11.6. The first kappa shape index (κ1) is 12.4. The SMILES string of the molecule is O=C(Cn1nc(Br)nc1Br)c1ccc(F)cc1. The molecule has 0 spiro atoms. The van der Waals surface area contributed by atoms with E-state index in [0.29, 0.717) is 15.0 Å². The summed E-state index contributed by atoms with van der Waals surface area (Å²) in [6.45, 7) is 0.0464. The molecule has 1 aromatic heterocycles. The second-order valence-corrected chi connectivity index (χ2v) is 4.66. The van der Waals surface area contributed by atoms with E-state index in [1.165, 1.54) is 28.9 Å². The van der Waals surface area contributed by atoms with Gasteiger partial charge in [-0.3, -0.25) is 4.79 Å². The average molecular weight is 363 g/mol. The minimum Gasteiger partial charge on any atom is -0.292 e. The van der Waals surface area contributed by atoms with Gasteiger partial charge in [0.2, 0.25) is 4.73 Å². The first-order chi connectivity index (χ1) is 8.06. The van der Waals surface area contributed by atoms with Crippen LogP contribution in [0.3, 0.4) is 0 Å². The van der Waals surface area contributed by atoms with Gasteiger partial charge in [0.05, 0.1) is 0 Å². The van der Waals surface area contributed by atoms with Gasteiger partial charge in [-0.2, -0.15) is 4.98 Å². The van der Waals surface area contributed by atoms with E-state index in [0.717, 1.165) is 0 Å². The highest BCUT2D eigenvalue weighted by molar-refractivity contribution is 9.11. The molecule has 0 aliphatic carbocycles. The van der Waals surface area contributed by atoms with Crippen LogP contribution in [-0.2, 0) is 6.54 Å². The van der Waals surface area contributed by atoms with Crippen molar-refractivity contribution in [3.63, 3.8) is 0 Å². The summed E-state index contributed by atoms with van der Waals surface area (Å²) in [5, 5.41) is 3.97. The fraction of sp³-hybridized carbons (Fsp3) is 0.100. The van der Waals surface area contributed by atoms with Gasteiger partial charge in [-0.25, -0.2) is 9.07 Å². The number of halogens is 3. The maximum absolute atomic E-state index is 12.7. The molecule has 0 aliphatic rings. The van der Waals surface area contributed by atoms with Gasteiger partial charge in [0.15, 0.2) is 10.5 Å². The number of carbonyl (C=O) groups excluding carboxylic acids is 1. The summed E-state index contributed by atoms with van der Waals surface area (Å²) in [4.78, 5) is 15.8. The summed E-state index contributed by atoms with van der Waals surface area (Å²) in [5.41, 5.74) is 0.435. The highest BCUT2D eigenvalue weighted by atomic mass is 79.9. The summed E-state index contributed by atoms with van der Waals surface area (Å²) in [7, 11) is 0. The molecule has 0 radical (unpaired) electrons. The maximum Gasteiger partial charge on any atom is 0.218 e. The Morgan fingerprint density at radius 3 is 2.47 bits per heavy atom. The summed E-state index contributed by atoms with van der Waals surface area (Å²) >= 11 is 6.28. The molecule has 0 unspecified atom stereocenters. The third kappa shape index (κ3) is 2.98. The minimum atomic E-state index is -0.369. The number of hydrogen-bond acceptors (Lipinski definition) is 3. The van der Waals surface area contributed by atoms with Gasteiger partial charge >= 0.3 is 0 Å². The molecule has 2 rings (SSSR count). The lowest BCUT2D eigenvalue weighted by Gasteiger charge is -2.01. The number of ketones is 1. The minimum absolute atomic E-state index is 0.0464. The lowest BCUT2D eigenvalue weighted by molar-refractivity contribution is 0.0966. The molecule has 88 valence electrons. The molecule has 0 fully saturated rings. The Morgan fingerprint density at radius 1 is 1.29 bits per heavy atom. The van der Waals surface area contributed by atoms with Gasteiger partial charge in [0.1, 0.15) is 12.4 Å². The largest absolute Gasteiger partial charge is 0.292 e. The van der Waals surface area contributed by atoms with Crippen LogP contribution in [0.4, 0.5) is 4.39 Å². The Bertz CT molecular complexity index is 553. The highest BCUT2D eigenvalue weighted by Gasteiger charge is 2.11. The zero-order valence-electron chi connectivity index (χ0n) is 8.40. The third-order valence-corrected chi connectivity index (χ3v) is 2.98. The van der Waals surface area contributed by atoms with Gasteiger partial charge in [-0.1, -0.05) is 0 Å². The van der Waals surface area contributed by atoms with Gasteiger partial charge in [0, 0.05) is 5.56 Å². The number of benzene rings is 1. The van der Waals surface area contributed by atoms with Crippen LogP contribution in [0.25, 0.3) is 0 Å². The van der Waals surface area contributed by atoms with E-state index in [4.69, 9.17) is 0 Å². The fourth-order valence-electron chi connectivity index (χ4n) is 1.26. The van der Waals surface area contributed by atoms with Crippen molar-refractivity contribution in [2.24, 2.45) is 0 Å². The standard InChI is InChI=1S/C10H6Br2FN3O/c11-9-14-10(12)16(15-9)5-8(17)6-1-3-7(13)4-2-6/h1-4H,5H2. The van der Waals surface area contributed by atoms with Crippen LogP contribution in [0.1, 0.15) is 10.4 Å². The predicted octanol–water partition coefficient (Wildman–Crippen LogP) is 2.83. The van der Waals surface area contributed by atoms with Crippen LogP contribution in [0.15, 0.2) is 33.7 Å². The van der Waals surface area contributed by atoms with Crippen molar-refractivity contribution >= 4 is 37.6 Å². The summed E-state index contributed by atoms with van der Waals surface area (Å²) in [6.07, 6.45) is 0. The molecule has 17 heavy (non-hydrogen) atoms. The molecular weight excluding hydrogens is 357 g/mol. The number of carbonyl (C=O) groups is 1. The van der Waals surface area contributed by atoms with Crippen molar-refractivity contribution in [1.29, 1.82) is 0 Å². The molecule has 1 heterocycles. The Kier molecular flexibility index (Phi) is 3.68. The Labute approximate surface area is 113 Å². The molecule has 0 amide bonds. The summed E-state index contributed by atoms with van der Waals surface area (Å²) in [6, 6.07) is 5.38. The van der Waals surface area contributed by atoms with Crippen molar-refractivity contribution in [2.75, 3.05) is 0 Å².